The van der Waals surface area contributed by atoms with Crippen molar-refractivity contribution in [2.24, 2.45) is 0 Å². The van der Waals surface area contributed by atoms with Gasteiger partial charge in [0.2, 0.25) is 0 Å². The van der Waals surface area contributed by atoms with Gasteiger partial charge in [0.25, 0.3) is 0 Å². The second kappa shape index (κ2) is 5.12. The molecule has 0 amide bonds. The zero-order valence-corrected chi connectivity index (χ0v) is 10.2. The highest BCUT2D eigenvalue weighted by atomic mass is 16.6. The Kier molecular flexibility index (Phi) is 3.51. The van der Waals surface area contributed by atoms with E-state index in [1.165, 1.54) is 6.07 Å². The molecule has 2 rings (SSSR count). The average molecular weight is 278 g/mol. The number of carboxylic acids is 2. The van der Waals surface area contributed by atoms with Crippen LogP contribution in [0.3, 0.4) is 0 Å². The first-order valence-corrected chi connectivity index (χ1v) is 5.75. The van der Waals surface area contributed by atoms with E-state index in [1.807, 2.05) is 0 Å². The zero-order valence-electron chi connectivity index (χ0n) is 10.2. The van der Waals surface area contributed by atoms with Gasteiger partial charge in [-0.3, -0.25) is 9.59 Å². The third kappa shape index (κ3) is 2.51. The number of carbonyl (C=O) groups is 4. The van der Waals surface area contributed by atoms with Gasteiger partial charge < -0.3 is 14.9 Å². The summed E-state index contributed by atoms with van der Waals surface area (Å²) in [5.41, 5.74) is -0.439. The Morgan fingerprint density at radius 2 is 1.75 bits per heavy atom. The number of cyclic esters (lactones) is 2. The lowest BCUT2D eigenvalue weighted by Crippen LogP contribution is -2.26. The predicted molar refractivity (Wildman–Crippen MR) is 63.4 cm³/mol. The van der Waals surface area contributed by atoms with Gasteiger partial charge in [0.05, 0.1) is 17.0 Å². The Balaban J connectivity index is 2.41. The smallest absolute Gasteiger partial charge is 0.336 e. The molecule has 2 N–H and O–H groups in total. The van der Waals surface area contributed by atoms with Gasteiger partial charge in [-0.05, 0) is 24.1 Å². The van der Waals surface area contributed by atoms with Gasteiger partial charge in [0, 0.05) is 6.42 Å². The summed E-state index contributed by atoms with van der Waals surface area (Å²) in [6.07, 6.45) is 0.267. The van der Waals surface area contributed by atoms with Gasteiger partial charge in [-0.25, -0.2) is 9.59 Å². The lowest BCUT2D eigenvalue weighted by Gasteiger charge is -2.20. The normalized spacial score (nSPS) is 18.5. The van der Waals surface area contributed by atoms with Crippen molar-refractivity contribution >= 4 is 23.9 Å². The van der Waals surface area contributed by atoms with Gasteiger partial charge in [-0.15, -0.1) is 0 Å². The molecule has 1 atom stereocenters. The molecule has 0 aliphatic carbocycles. The van der Waals surface area contributed by atoms with E-state index in [9.17, 15) is 19.2 Å². The first-order valence-electron chi connectivity index (χ1n) is 5.75. The monoisotopic (exact) mass is 278 g/mol. The van der Waals surface area contributed by atoms with E-state index < -0.39 is 35.4 Å². The second-order valence-corrected chi connectivity index (χ2v) is 4.30. The summed E-state index contributed by atoms with van der Waals surface area (Å²) in [4.78, 5) is 44.5. The molecular formula is C13H10O7. The quantitative estimate of drug-likeness (QED) is 0.626. The first-order chi connectivity index (χ1) is 9.40. The van der Waals surface area contributed by atoms with Crippen LogP contribution >= 0.6 is 0 Å². The Morgan fingerprint density at radius 3 is 2.30 bits per heavy atom. The summed E-state index contributed by atoms with van der Waals surface area (Å²) in [5, 5.41) is 17.9. The van der Waals surface area contributed by atoms with Crippen LogP contribution in [0.1, 0.15) is 45.0 Å². The fourth-order valence-corrected chi connectivity index (χ4v) is 2.06. The van der Waals surface area contributed by atoms with Crippen LogP contribution in [0.5, 0.6) is 0 Å². The standard InChI is InChI=1S/C13H10O7/c14-10-4-3-7(13(19)20-10)6-1-2-8(11(15)16)9(5-6)12(17)18/h1-2,5,7H,3-4H2,(H,15,16)(H,17,18). The molecule has 0 bridgehead atoms. The summed E-state index contributed by atoms with van der Waals surface area (Å²) in [6, 6.07) is 3.62. The number of ether oxygens (including phenoxy) is 1. The Hall–Kier alpha value is -2.70. The molecule has 20 heavy (non-hydrogen) atoms. The number of hydrogen-bond donors (Lipinski definition) is 2. The molecule has 7 heteroatoms. The molecule has 1 aromatic rings. The van der Waals surface area contributed by atoms with E-state index in [1.54, 1.807) is 0 Å². The number of benzene rings is 1. The van der Waals surface area contributed by atoms with Gasteiger partial charge in [-0.2, -0.15) is 0 Å². The van der Waals surface area contributed by atoms with Crippen molar-refractivity contribution in [1.29, 1.82) is 0 Å². The second-order valence-electron chi connectivity index (χ2n) is 4.30. The van der Waals surface area contributed by atoms with Crippen LogP contribution in [0.4, 0.5) is 0 Å². The van der Waals surface area contributed by atoms with Crippen molar-refractivity contribution in [2.45, 2.75) is 18.8 Å². The molecule has 0 spiro atoms. The lowest BCUT2D eigenvalue weighted by atomic mass is 9.90. The average Bonchev–Trinajstić information content (AvgIpc) is 2.37. The Labute approximate surface area is 112 Å². The molecule has 1 fully saturated rings. The lowest BCUT2D eigenvalue weighted by molar-refractivity contribution is -0.164. The third-order valence-electron chi connectivity index (χ3n) is 3.04. The molecule has 0 radical (unpaired) electrons. The largest absolute Gasteiger partial charge is 0.478 e. The van der Waals surface area contributed by atoms with Crippen LogP contribution in [-0.4, -0.2) is 34.1 Å². The van der Waals surface area contributed by atoms with Crippen LogP contribution in [0.25, 0.3) is 0 Å². The summed E-state index contributed by atoms with van der Waals surface area (Å²) in [7, 11) is 0. The summed E-state index contributed by atoms with van der Waals surface area (Å²) in [5.74, 6) is -4.89. The minimum absolute atomic E-state index is 0.0551. The first kappa shape index (κ1) is 13.7. The van der Waals surface area contributed by atoms with Crippen LogP contribution in [-0.2, 0) is 14.3 Å². The molecule has 7 nitrogen and oxygen atoms in total. The van der Waals surface area contributed by atoms with Crippen molar-refractivity contribution in [3.63, 3.8) is 0 Å². The van der Waals surface area contributed by atoms with Crippen molar-refractivity contribution in [3.8, 4) is 0 Å². The fourth-order valence-electron chi connectivity index (χ4n) is 2.06. The minimum atomic E-state index is -1.40. The molecular weight excluding hydrogens is 268 g/mol. The molecule has 104 valence electrons. The van der Waals surface area contributed by atoms with Gasteiger partial charge in [-0.1, -0.05) is 6.07 Å². The highest BCUT2D eigenvalue weighted by Crippen LogP contribution is 2.28. The van der Waals surface area contributed by atoms with E-state index in [2.05, 4.69) is 4.74 Å². The summed E-state index contributed by atoms with van der Waals surface area (Å²) in [6.45, 7) is 0. The predicted octanol–water partition coefficient (Wildman–Crippen LogP) is 1.03. The number of rotatable bonds is 3. The summed E-state index contributed by atoms with van der Waals surface area (Å²) < 4.78 is 4.49. The fraction of sp³-hybridized carbons (Fsp3) is 0.231. The van der Waals surface area contributed by atoms with Crippen LogP contribution < -0.4 is 0 Å². The molecule has 1 saturated heterocycles. The van der Waals surface area contributed by atoms with Gasteiger partial charge >= 0.3 is 23.9 Å². The Bertz CT molecular complexity index is 617. The van der Waals surface area contributed by atoms with Crippen LogP contribution in [0, 0.1) is 0 Å². The van der Waals surface area contributed by atoms with Crippen LogP contribution in [0.2, 0.25) is 0 Å². The van der Waals surface area contributed by atoms with Crippen molar-refractivity contribution < 1.29 is 34.1 Å². The zero-order chi connectivity index (χ0) is 14.9. The van der Waals surface area contributed by atoms with Crippen molar-refractivity contribution in [2.75, 3.05) is 0 Å². The molecule has 1 heterocycles. The number of aromatic carboxylic acids is 2. The maximum Gasteiger partial charge on any atom is 0.336 e. The van der Waals surface area contributed by atoms with Crippen molar-refractivity contribution in [3.05, 3.63) is 34.9 Å². The minimum Gasteiger partial charge on any atom is -0.478 e. The highest BCUT2D eigenvalue weighted by Gasteiger charge is 2.31. The SMILES string of the molecule is O=C1CCC(c2ccc(C(=O)O)c(C(=O)O)c2)C(=O)O1. The highest BCUT2D eigenvalue weighted by molar-refractivity contribution is 6.02. The third-order valence-corrected chi connectivity index (χ3v) is 3.04. The van der Waals surface area contributed by atoms with E-state index in [0.29, 0.717) is 5.56 Å². The van der Waals surface area contributed by atoms with Crippen LogP contribution in [0.15, 0.2) is 18.2 Å². The molecule has 0 aromatic heterocycles. The Morgan fingerprint density at radius 1 is 1.10 bits per heavy atom. The molecule has 1 aliphatic heterocycles. The number of esters is 2. The van der Waals surface area contributed by atoms with Crippen molar-refractivity contribution in [1.82, 2.24) is 0 Å². The van der Waals surface area contributed by atoms with E-state index in [4.69, 9.17) is 10.2 Å². The molecule has 1 aromatic carbocycles. The molecule has 0 saturated carbocycles. The van der Waals surface area contributed by atoms with Gasteiger partial charge in [0.15, 0.2) is 0 Å². The maximum absolute atomic E-state index is 11.6. The van der Waals surface area contributed by atoms with E-state index in [0.717, 1.165) is 12.1 Å². The molecule has 1 unspecified atom stereocenters. The topological polar surface area (TPSA) is 118 Å². The van der Waals surface area contributed by atoms with Gasteiger partial charge in [0.1, 0.15) is 0 Å². The van der Waals surface area contributed by atoms with E-state index in [-0.39, 0.29) is 18.4 Å². The maximum atomic E-state index is 11.6. The number of carboxylic acid groups (broad SMARTS) is 2. The summed E-state index contributed by atoms with van der Waals surface area (Å²) >= 11 is 0. The molecule has 1 aliphatic rings. The number of carbonyl (C=O) groups excluding carboxylic acids is 2. The van der Waals surface area contributed by atoms with E-state index >= 15 is 0 Å². The number of hydrogen-bond acceptors (Lipinski definition) is 5.